The summed E-state index contributed by atoms with van der Waals surface area (Å²) in [5, 5.41) is 18.8. The molecule has 1 aliphatic rings. The fraction of sp³-hybridized carbons (Fsp3) is 1.00. The summed E-state index contributed by atoms with van der Waals surface area (Å²) in [7, 11) is 0. The predicted octanol–water partition coefficient (Wildman–Crippen LogP) is 1.38. The second-order valence-electron chi connectivity index (χ2n) is 3.44. The van der Waals surface area contributed by atoms with Crippen molar-refractivity contribution in [3.05, 3.63) is 0 Å². The van der Waals surface area contributed by atoms with Gasteiger partial charge in [-0.15, -0.1) is 0 Å². The Balaban J connectivity index is 0.000000671. The van der Waals surface area contributed by atoms with Crippen LogP contribution in [0, 0.1) is 11.8 Å². The van der Waals surface area contributed by atoms with Crippen LogP contribution in [0.1, 0.15) is 34.6 Å². The molecule has 1 rings (SSSR count). The lowest BCUT2D eigenvalue weighted by atomic mass is 9.85. The van der Waals surface area contributed by atoms with Gasteiger partial charge in [-0.3, -0.25) is 0 Å². The lowest BCUT2D eigenvalue weighted by Crippen LogP contribution is -2.47. The normalized spacial score (nSPS) is 45.0. The summed E-state index contributed by atoms with van der Waals surface area (Å²) in [6.07, 6.45) is -1.42. The van der Waals surface area contributed by atoms with E-state index >= 15 is 0 Å². The van der Waals surface area contributed by atoms with E-state index in [1.807, 2.05) is 27.7 Å². The molecule has 1 heterocycles. The van der Waals surface area contributed by atoms with Crippen molar-refractivity contribution in [2.45, 2.75) is 53.1 Å². The van der Waals surface area contributed by atoms with Gasteiger partial charge in [-0.2, -0.15) is 0 Å². The van der Waals surface area contributed by atoms with Crippen molar-refractivity contribution in [2.75, 3.05) is 0 Å². The van der Waals surface area contributed by atoms with Gasteiger partial charge in [-0.25, -0.2) is 0 Å². The predicted molar refractivity (Wildman–Crippen MR) is 52.2 cm³/mol. The number of hydrogen-bond acceptors (Lipinski definition) is 3. The van der Waals surface area contributed by atoms with Crippen molar-refractivity contribution < 1.29 is 14.9 Å². The van der Waals surface area contributed by atoms with E-state index < -0.39 is 12.4 Å². The van der Waals surface area contributed by atoms with Crippen LogP contribution in [-0.2, 0) is 4.74 Å². The number of rotatable bonds is 0. The average Bonchev–Trinajstić information content (AvgIpc) is 2.15. The van der Waals surface area contributed by atoms with Crippen LogP contribution >= 0.6 is 0 Å². The third kappa shape index (κ3) is 2.93. The zero-order valence-corrected chi connectivity index (χ0v) is 9.19. The van der Waals surface area contributed by atoms with Gasteiger partial charge < -0.3 is 14.9 Å². The van der Waals surface area contributed by atoms with Crippen molar-refractivity contribution in [2.24, 2.45) is 11.8 Å². The zero-order valence-electron chi connectivity index (χ0n) is 9.19. The Bertz CT molecular complexity index is 124. The highest BCUT2D eigenvalue weighted by Gasteiger charge is 2.37. The first-order chi connectivity index (χ1) is 6.04. The van der Waals surface area contributed by atoms with Crippen LogP contribution in [0.5, 0.6) is 0 Å². The fourth-order valence-corrected chi connectivity index (χ4v) is 1.42. The lowest BCUT2D eigenvalue weighted by molar-refractivity contribution is -0.237. The maximum absolute atomic E-state index is 9.50. The molecule has 80 valence electrons. The van der Waals surface area contributed by atoms with Gasteiger partial charge in [-0.1, -0.05) is 27.7 Å². The number of hydrogen-bond donors (Lipinski definition) is 2. The highest BCUT2D eigenvalue weighted by atomic mass is 16.6. The Kier molecular flexibility index (Phi) is 5.53. The smallest absolute Gasteiger partial charge is 0.157 e. The molecule has 1 fully saturated rings. The highest BCUT2D eigenvalue weighted by molar-refractivity contribution is 4.81. The molecule has 1 aliphatic heterocycles. The molecule has 0 radical (unpaired) electrons. The Morgan fingerprint density at radius 2 is 1.38 bits per heavy atom. The van der Waals surface area contributed by atoms with E-state index in [2.05, 4.69) is 0 Å². The van der Waals surface area contributed by atoms with E-state index in [1.54, 1.807) is 6.92 Å². The van der Waals surface area contributed by atoms with Crippen LogP contribution in [0.3, 0.4) is 0 Å². The number of aliphatic hydroxyl groups is 2. The summed E-state index contributed by atoms with van der Waals surface area (Å²) in [5.41, 5.74) is 0. The average molecular weight is 190 g/mol. The van der Waals surface area contributed by atoms with E-state index in [0.29, 0.717) is 0 Å². The first kappa shape index (κ1) is 12.9. The van der Waals surface area contributed by atoms with Crippen molar-refractivity contribution in [3.63, 3.8) is 0 Å². The molecular formula is C10H22O3. The van der Waals surface area contributed by atoms with Crippen molar-refractivity contribution in [1.82, 2.24) is 0 Å². The first-order valence-corrected chi connectivity index (χ1v) is 5.05. The minimum absolute atomic E-state index is 0.0150. The molecule has 2 N–H and O–H groups in total. The molecule has 13 heavy (non-hydrogen) atoms. The molecule has 3 nitrogen and oxygen atoms in total. The second kappa shape index (κ2) is 5.58. The van der Waals surface area contributed by atoms with Gasteiger partial charge in [0.1, 0.15) is 0 Å². The SMILES string of the molecule is CC.CC1OC(O)C(C)C(C)C1O. The minimum Gasteiger partial charge on any atom is -0.390 e. The summed E-state index contributed by atoms with van der Waals surface area (Å²) in [4.78, 5) is 0. The maximum Gasteiger partial charge on any atom is 0.157 e. The largest absolute Gasteiger partial charge is 0.390 e. The molecule has 5 unspecified atom stereocenters. The van der Waals surface area contributed by atoms with Crippen LogP contribution in [-0.4, -0.2) is 28.7 Å². The molecule has 1 saturated heterocycles. The van der Waals surface area contributed by atoms with Gasteiger partial charge in [-0.05, 0) is 12.8 Å². The zero-order chi connectivity index (χ0) is 10.6. The summed E-state index contributed by atoms with van der Waals surface area (Å²) in [6, 6.07) is 0. The Hall–Kier alpha value is -0.120. The molecule has 0 aromatic carbocycles. The Morgan fingerprint density at radius 3 is 1.85 bits per heavy atom. The van der Waals surface area contributed by atoms with Crippen molar-refractivity contribution >= 4 is 0 Å². The van der Waals surface area contributed by atoms with Crippen LogP contribution in [0.4, 0.5) is 0 Å². The number of aliphatic hydroxyl groups excluding tert-OH is 2. The molecule has 5 atom stereocenters. The molecule has 0 aliphatic carbocycles. The monoisotopic (exact) mass is 190 g/mol. The van der Waals surface area contributed by atoms with Gasteiger partial charge in [0.25, 0.3) is 0 Å². The quantitative estimate of drug-likeness (QED) is 0.606. The van der Waals surface area contributed by atoms with Crippen LogP contribution < -0.4 is 0 Å². The van der Waals surface area contributed by atoms with Gasteiger partial charge in [0.05, 0.1) is 12.2 Å². The topological polar surface area (TPSA) is 49.7 Å². The van der Waals surface area contributed by atoms with Gasteiger partial charge in [0, 0.05) is 5.92 Å². The van der Waals surface area contributed by atoms with E-state index in [-0.39, 0.29) is 17.9 Å². The standard InChI is InChI=1S/C8H16O3.C2H6/c1-4-5(2)8(10)11-6(3)7(4)9;1-2/h4-10H,1-3H3;1-2H3. The van der Waals surface area contributed by atoms with Crippen molar-refractivity contribution in [3.8, 4) is 0 Å². The molecule has 0 aromatic heterocycles. The van der Waals surface area contributed by atoms with Crippen molar-refractivity contribution in [1.29, 1.82) is 0 Å². The summed E-state index contributed by atoms with van der Waals surface area (Å²) in [6.45, 7) is 9.58. The number of ether oxygens (including phenoxy) is 1. The Morgan fingerprint density at radius 1 is 0.923 bits per heavy atom. The molecule has 0 amide bonds. The van der Waals surface area contributed by atoms with Crippen LogP contribution in [0.15, 0.2) is 0 Å². The Labute approximate surface area is 80.7 Å². The summed E-state index contributed by atoms with van der Waals surface area (Å²) < 4.78 is 5.09. The fourth-order valence-electron chi connectivity index (χ4n) is 1.42. The van der Waals surface area contributed by atoms with E-state index in [0.717, 1.165) is 0 Å². The highest BCUT2D eigenvalue weighted by Crippen LogP contribution is 2.28. The first-order valence-electron chi connectivity index (χ1n) is 5.05. The van der Waals surface area contributed by atoms with Gasteiger partial charge in [0.2, 0.25) is 0 Å². The van der Waals surface area contributed by atoms with Crippen LogP contribution in [0.25, 0.3) is 0 Å². The molecular weight excluding hydrogens is 168 g/mol. The third-order valence-corrected chi connectivity index (χ3v) is 2.65. The van der Waals surface area contributed by atoms with E-state index in [9.17, 15) is 10.2 Å². The molecule has 0 spiro atoms. The third-order valence-electron chi connectivity index (χ3n) is 2.65. The summed E-state index contributed by atoms with van der Waals surface area (Å²) in [5.74, 6) is 0.120. The van der Waals surface area contributed by atoms with Gasteiger partial charge in [0.15, 0.2) is 6.29 Å². The van der Waals surface area contributed by atoms with E-state index in [1.165, 1.54) is 0 Å². The van der Waals surface area contributed by atoms with Gasteiger partial charge >= 0.3 is 0 Å². The van der Waals surface area contributed by atoms with E-state index in [4.69, 9.17) is 4.74 Å². The molecule has 0 bridgehead atoms. The molecule has 0 aromatic rings. The molecule has 0 saturated carbocycles. The maximum atomic E-state index is 9.50. The second-order valence-corrected chi connectivity index (χ2v) is 3.44. The molecule has 3 heteroatoms. The van der Waals surface area contributed by atoms with Crippen LogP contribution in [0.2, 0.25) is 0 Å². The lowest BCUT2D eigenvalue weighted by Gasteiger charge is -2.38. The summed E-state index contributed by atoms with van der Waals surface area (Å²) >= 11 is 0. The minimum atomic E-state index is -0.719.